The molecule has 2 aliphatic carbocycles. The van der Waals surface area contributed by atoms with Gasteiger partial charge < -0.3 is 20.4 Å². The highest BCUT2D eigenvalue weighted by Gasteiger charge is 2.53. The van der Waals surface area contributed by atoms with Gasteiger partial charge in [-0.3, -0.25) is 4.79 Å². The first-order chi connectivity index (χ1) is 13.6. The lowest BCUT2D eigenvalue weighted by atomic mass is 9.79. The molecule has 2 heterocycles. The topological polar surface area (TPSA) is 88.5 Å². The fourth-order valence-corrected chi connectivity index (χ4v) is 6.40. The molecule has 7 heteroatoms. The highest BCUT2D eigenvalue weighted by molar-refractivity contribution is 5.79. The molecule has 0 radical (unpaired) electrons. The van der Waals surface area contributed by atoms with Crippen LogP contribution in [0.2, 0.25) is 0 Å². The van der Waals surface area contributed by atoms with Crippen molar-refractivity contribution in [3.05, 3.63) is 0 Å². The van der Waals surface area contributed by atoms with E-state index in [1.807, 2.05) is 4.90 Å². The zero-order valence-corrected chi connectivity index (χ0v) is 17.0. The van der Waals surface area contributed by atoms with Crippen LogP contribution in [0.3, 0.4) is 0 Å². The molecule has 3 amide bonds. The number of urea groups is 1. The van der Waals surface area contributed by atoms with Crippen LogP contribution in [-0.2, 0) is 4.79 Å². The van der Waals surface area contributed by atoms with Crippen LogP contribution >= 0.6 is 0 Å². The van der Waals surface area contributed by atoms with E-state index in [1.54, 1.807) is 11.9 Å². The zero-order valence-electron chi connectivity index (χ0n) is 17.0. The van der Waals surface area contributed by atoms with Gasteiger partial charge in [0.25, 0.3) is 0 Å². The average molecular weight is 388 g/mol. The van der Waals surface area contributed by atoms with Crippen LogP contribution in [0.25, 0.3) is 0 Å². The first-order valence-electron chi connectivity index (χ1n) is 11.0. The average Bonchev–Trinajstić information content (AvgIpc) is 3.47. The van der Waals surface area contributed by atoms with E-state index in [4.69, 9.17) is 0 Å². The molecule has 4 aliphatic rings. The summed E-state index contributed by atoms with van der Waals surface area (Å²) < 4.78 is 0. The molecule has 0 aromatic rings. The fraction of sp³-hybridized carbons (Fsp3) is 0.857. The lowest BCUT2D eigenvalue weighted by Crippen LogP contribution is -2.54. The molecule has 2 saturated heterocycles. The van der Waals surface area contributed by atoms with Gasteiger partial charge >= 0.3 is 6.03 Å². The third kappa shape index (κ3) is 3.47. The molecular weight excluding hydrogens is 354 g/mol. The van der Waals surface area contributed by atoms with Crippen LogP contribution in [0.1, 0.15) is 51.4 Å². The van der Waals surface area contributed by atoms with Crippen molar-refractivity contribution in [2.24, 2.45) is 17.8 Å². The van der Waals surface area contributed by atoms with E-state index in [1.165, 1.54) is 25.7 Å². The van der Waals surface area contributed by atoms with E-state index in [-0.39, 0.29) is 23.5 Å². The van der Waals surface area contributed by atoms with Crippen LogP contribution in [0, 0.1) is 29.1 Å². The molecular formula is C21H33N5O2. The van der Waals surface area contributed by atoms with Crippen molar-refractivity contribution in [3.8, 4) is 6.07 Å². The van der Waals surface area contributed by atoms with Crippen LogP contribution in [0.15, 0.2) is 0 Å². The first kappa shape index (κ1) is 19.5. The number of rotatable bonds is 4. The van der Waals surface area contributed by atoms with Crippen molar-refractivity contribution in [1.82, 2.24) is 20.4 Å². The minimum absolute atomic E-state index is 0.0259. The summed E-state index contributed by atoms with van der Waals surface area (Å²) in [6.45, 7) is 2.71. The Morgan fingerprint density at radius 2 is 1.79 bits per heavy atom. The molecule has 4 rings (SSSR count). The number of carbonyl (C=O) groups excluding carboxylic acids is 2. The Morgan fingerprint density at radius 3 is 2.39 bits per heavy atom. The molecule has 0 aromatic carbocycles. The highest BCUT2D eigenvalue weighted by Crippen LogP contribution is 2.51. The highest BCUT2D eigenvalue weighted by atomic mass is 16.2. The van der Waals surface area contributed by atoms with Crippen molar-refractivity contribution in [3.63, 3.8) is 0 Å². The van der Waals surface area contributed by atoms with Gasteiger partial charge in [0.05, 0.1) is 12.6 Å². The number of fused-ring (bicyclic) bond motifs is 1. The van der Waals surface area contributed by atoms with Gasteiger partial charge in [-0.15, -0.1) is 0 Å². The summed E-state index contributed by atoms with van der Waals surface area (Å²) in [4.78, 5) is 28.5. The monoisotopic (exact) mass is 387 g/mol. The van der Waals surface area contributed by atoms with E-state index in [0.29, 0.717) is 30.8 Å². The zero-order chi connectivity index (χ0) is 19.7. The minimum Gasteiger partial charge on any atom is -0.341 e. The summed E-state index contributed by atoms with van der Waals surface area (Å²) in [5.74, 6) is 1.76. The maximum Gasteiger partial charge on any atom is 0.317 e. The molecule has 7 nitrogen and oxygen atoms in total. The van der Waals surface area contributed by atoms with Crippen LogP contribution < -0.4 is 10.6 Å². The molecule has 0 aromatic heterocycles. The summed E-state index contributed by atoms with van der Waals surface area (Å²) in [7, 11) is 1.69. The summed E-state index contributed by atoms with van der Waals surface area (Å²) in [6.07, 6.45) is 8.89. The van der Waals surface area contributed by atoms with Crippen LogP contribution in [-0.4, -0.2) is 66.5 Å². The van der Waals surface area contributed by atoms with Crippen molar-refractivity contribution >= 4 is 11.9 Å². The summed E-state index contributed by atoms with van der Waals surface area (Å²) >= 11 is 0. The summed E-state index contributed by atoms with van der Waals surface area (Å²) in [5, 5.41) is 15.8. The lowest BCUT2D eigenvalue weighted by Gasteiger charge is -2.39. The molecule has 0 unspecified atom stereocenters. The van der Waals surface area contributed by atoms with Gasteiger partial charge in [0.2, 0.25) is 5.91 Å². The number of nitrogens with one attached hydrogen (secondary N) is 2. The molecule has 0 bridgehead atoms. The van der Waals surface area contributed by atoms with Crippen molar-refractivity contribution in [2.45, 2.75) is 62.9 Å². The van der Waals surface area contributed by atoms with Crippen molar-refractivity contribution in [1.29, 1.82) is 5.26 Å². The Kier molecular flexibility index (Phi) is 5.50. The summed E-state index contributed by atoms with van der Waals surface area (Å²) in [5.41, 5.74) is 0.0259. The van der Waals surface area contributed by atoms with Gasteiger partial charge in [-0.05, 0) is 56.3 Å². The second-order valence-electron chi connectivity index (χ2n) is 9.25. The number of likely N-dealkylation sites (tertiary alicyclic amines) is 2. The normalized spacial score (nSPS) is 35.2. The lowest BCUT2D eigenvalue weighted by molar-refractivity contribution is -0.130. The quantitative estimate of drug-likeness (QED) is 0.768. The van der Waals surface area contributed by atoms with Gasteiger partial charge in [0.15, 0.2) is 0 Å². The van der Waals surface area contributed by atoms with Crippen LogP contribution in [0.5, 0.6) is 0 Å². The maximum absolute atomic E-state index is 12.8. The van der Waals surface area contributed by atoms with Gasteiger partial charge in [-0.25, -0.2) is 4.79 Å². The van der Waals surface area contributed by atoms with Gasteiger partial charge in [-0.2, -0.15) is 5.26 Å². The van der Waals surface area contributed by atoms with E-state index < -0.39 is 0 Å². The number of hydrogen-bond donors (Lipinski definition) is 2. The third-order valence-corrected chi connectivity index (χ3v) is 7.78. The molecule has 0 spiro atoms. The Balaban J connectivity index is 1.42. The number of nitriles is 1. The second kappa shape index (κ2) is 7.90. The third-order valence-electron chi connectivity index (χ3n) is 7.78. The molecule has 2 aliphatic heterocycles. The predicted octanol–water partition coefficient (Wildman–Crippen LogP) is 1.70. The summed E-state index contributed by atoms with van der Waals surface area (Å²) in [6, 6.07) is 2.05. The van der Waals surface area contributed by atoms with Gasteiger partial charge in [-0.1, -0.05) is 12.8 Å². The molecule has 4 fully saturated rings. The minimum atomic E-state index is -0.249. The Hall–Kier alpha value is -1.81. The molecule has 154 valence electrons. The van der Waals surface area contributed by atoms with Crippen LogP contribution in [0.4, 0.5) is 4.79 Å². The Labute approximate surface area is 167 Å². The van der Waals surface area contributed by atoms with Gasteiger partial charge in [0.1, 0.15) is 6.04 Å². The number of amides is 3. The number of carbonyl (C=O) groups is 2. The molecule has 28 heavy (non-hydrogen) atoms. The smallest absolute Gasteiger partial charge is 0.317 e. The van der Waals surface area contributed by atoms with E-state index in [2.05, 4.69) is 16.7 Å². The first-order valence-corrected chi connectivity index (χ1v) is 11.0. The van der Waals surface area contributed by atoms with E-state index in [0.717, 1.165) is 38.8 Å². The molecule has 4 atom stereocenters. The molecule has 2 saturated carbocycles. The maximum atomic E-state index is 12.8. The number of hydrogen-bond acceptors (Lipinski definition) is 4. The molecule has 2 N–H and O–H groups in total. The SMILES string of the molecule is CNC(=O)N1C[C@@H]2C[C@@](NCC(=O)N3CCC[C@H]3C#N)(C3CCCC3)C[C@@H]2C1. The predicted molar refractivity (Wildman–Crippen MR) is 105 cm³/mol. The van der Waals surface area contributed by atoms with Crippen molar-refractivity contribution < 1.29 is 9.59 Å². The fourth-order valence-electron chi connectivity index (χ4n) is 6.40. The second-order valence-corrected chi connectivity index (χ2v) is 9.25. The Bertz CT molecular complexity index is 640. The van der Waals surface area contributed by atoms with Crippen molar-refractivity contribution in [2.75, 3.05) is 33.2 Å². The Morgan fingerprint density at radius 1 is 1.11 bits per heavy atom. The largest absolute Gasteiger partial charge is 0.341 e. The van der Waals surface area contributed by atoms with E-state index in [9.17, 15) is 14.9 Å². The van der Waals surface area contributed by atoms with E-state index >= 15 is 0 Å². The standard InChI is InChI=1S/C21H33N5O2/c1-23-20(28)25-13-15-9-21(10-16(15)14-25,17-5-2-3-6-17)24-12-19(27)26-8-4-7-18(26)11-22/h15-18,24H,2-10,12-14H2,1H3,(H,23,28)/t15-,16+,18-,21-/m0/s1. The van der Waals surface area contributed by atoms with Gasteiger partial charge in [0, 0.05) is 32.2 Å². The number of nitrogens with zero attached hydrogens (tertiary/aromatic N) is 3.